The van der Waals surface area contributed by atoms with Crippen LogP contribution in [0.3, 0.4) is 0 Å². The van der Waals surface area contributed by atoms with Crippen molar-refractivity contribution in [2.75, 3.05) is 0 Å². The minimum Gasteiger partial charge on any atom is -0.418 e. The molecular weight excluding hydrogens is 403 g/mol. The second-order valence-electron chi connectivity index (χ2n) is 7.17. The van der Waals surface area contributed by atoms with Gasteiger partial charge < -0.3 is 17.3 Å². The highest BCUT2D eigenvalue weighted by Gasteiger charge is 2.21. The zero-order chi connectivity index (χ0) is 22.4. The van der Waals surface area contributed by atoms with Gasteiger partial charge in [0.2, 0.25) is 0 Å². The van der Waals surface area contributed by atoms with E-state index < -0.39 is 7.25 Å². The van der Waals surface area contributed by atoms with Gasteiger partial charge in [-0.2, -0.15) is 0 Å². The van der Waals surface area contributed by atoms with Gasteiger partial charge in [-0.25, -0.2) is 4.42 Å². The fourth-order valence-corrected chi connectivity index (χ4v) is 3.18. The van der Waals surface area contributed by atoms with Crippen molar-refractivity contribution >= 4 is 7.25 Å². The van der Waals surface area contributed by atoms with Gasteiger partial charge in [0.25, 0.3) is 0 Å². The third-order valence-electron chi connectivity index (χ3n) is 4.51. The lowest BCUT2D eigenvalue weighted by Crippen LogP contribution is -2.02. The largest absolute Gasteiger partial charge is 0.673 e. The van der Waals surface area contributed by atoms with Gasteiger partial charge >= 0.3 is 18.8 Å². The molecule has 0 radical (unpaired) electrons. The molecule has 0 atom stereocenters. The molecule has 0 bridgehead atoms. The molecule has 0 saturated carbocycles. The van der Waals surface area contributed by atoms with Gasteiger partial charge in [-0.3, -0.25) is 0 Å². The third kappa shape index (κ3) is 6.81. The zero-order valence-corrected chi connectivity index (χ0v) is 17.2. The molecular formula is C25H21BF4O. The van der Waals surface area contributed by atoms with Crippen LogP contribution in [0, 0.1) is 13.8 Å². The summed E-state index contributed by atoms with van der Waals surface area (Å²) < 4.78 is 45.3. The maximum atomic E-state index is 9.75. The van der Waals surface area contributed by atoms with Gasteiger partial charge in [0.05, 0.1) is 23.3 Å². The van der Waals surface area contributed by atoms with E-state index in [2.05, 4.69) is 98.8 Å². The second-order valence-corrected chi connectivity index (χ2v) is 7.17. The molecule has 31 heavy (non-hydrogen) atoms. The first-order valence-electron chi connectivity index (χ1n) is 9.74. The van der Waals surface area contributed by atoms with Crippen LogP contribution in [-0.4, -0.2) is 7.25 Å². The quantitative estimate of drug-likeness (QED) is 0.182. The summed E-state index contributed by atoms with van der Waals surface area (Å²) in [4.78, 5) is 0. The second kappa shape index (κ2) is 9.60. The highest BCUT2D eigenvalue weighted by Crippen LogP contribution is 2.33. The van der Waals surface area contributed by atoms with Crippen LogP contribution < -0.4 is 0 Å². The first kappa shape index (κ1) is 22.3. The molecule has 0 spiro atoms. The van der Waals surface area contributed by atoms with E-state index in [1.54, 1.807) is 0 Å². The molecule has 0 saturated heterocycles. The molecule has 1 heterocycles. The topological polar surface area (TPSA) is 11.3 Å². The summed E-state index contributed by atoms with van der Waals surface area (Å²) in [6, 6.07) is 31.6. The fraction of sp³-hybridized carbons (Fsp3) is 0.0800. The van der Waals surface area contributed by atoms with Crippen LogP contribution in [0.25, 0.3) is 33.8 Å². The van der Waals surface area contributed by atoms with E-state index in [1.807, 2.05) is 6.07 Å². The van der Waals surface area contributed by atoms with Crippen molar-refractivity contribution in [3.05, 3.63) is 102 Å². The Morgan fingerprint density at radius 3 is 1.35 bits per heavy atom. The van der Waals surface area contributed by atoms with Gasteiger partial charge in [0, 0.05) is 5.56 Å². The SMILES string of the molecule is Cc1cccc(-c2cc(-c3ccccc3)cc(-c3cccc(C)c3)[o+]2)c1.F[B-](F)(F)F. The van der Waals surface area contributed by atoms with Gasteiger partial charge in [0.1, 0.15) is 0 Å². The third-order valence-corrected chi connectivity index (χ3v) is 4.51. The first-order chi connectivity index (χ1) is 14.7. The molecule has 0 aliphatic rings. The summed E-state index contributed by atoms with van der Waals surface area (Å²) in [5, 5.41) is 0. The standard InChI is InChI=1S/C25H21O.BF4/c1-18-8-6-12-21(14-18)24-16-23(20-10-4-3-5-11-20)17-25(26-24)22-13-7-9-19(2)15-22;2-1(3,4)5/h3-17H,1-2H3;/q+1;-1. The van der Waals surface area contributed by atoms with Gasteiger partial charge in [-0.15, -0.1) is 0 Å². The minimum atomic E-state index is -6.00. The highest BCUT2D eigenvalue weighted by molar-refractivity contribution is 6.50. The molecule has 0 fully saturated rings. The highest BCUT2D eigenvalue weighted by atomic mass is 19.5. The lowest BCUT2D eigenvalue weighted by atomic mass is 10.0. The van der Waals surface area contributed by atoms with Crippen molar-refractivity contribution in [1.82, 2.24) is 0 Å². The number of rotatable bonds is 3. The van der Waals surface area contributed by atoms with Crippen LogP contribution in [0.1, 0.15) is 11.1 Å². The summed E-state index contributed by atoms with van der Waals surface area (Å²) in [5.41, 5.74) is 6.98. The van der Waals surface area contributed by atoms with E-state index in [4.69, 9.17) is 4.42 Å². The molecule has 1 nitrogen and oxygen atoms in total. The average molecular weight is 424 g/mol. The monoisotopic (exact) mass is 424 g/mol. The van der Waals surface area contributed by atoms with Gasteiger partial charge in [-0.1, -0.05) is 65.7 Å². The normalized spacial score (nSPS) is 10.9. The Morgan fingerprint density at radius 1 is 0.516 bits per heavy atom. The van der Waals surface area contributed by atoms with Crippen LogP contribution >= 0.6 is 0 Å². The van der Waals surface area contributed by atoms with Crippen molar-refractivity contribution in [3.8, 4) is 33.8 Å². The van der Waals surface area contributed by atoms with Crippen molar-refractivity contribution in [2.24, 2.45) is 0 Å². The Kier molecular flexibility index (Phi) is 6.90. The molecule has 1 aromatic heterocycles. The first-order valence-corrected chi connectivity index (χ1v) is 9.74. The molecule has 0 aliphatic heterocycles. The van der Waals surface area contributed by atoms with Crippen LogP contribution in [0.2, 0.25) is 0 Å². The summed E-state index contributed by atoms with van der Waals surface area (Å²) in [6.07, 6.45) is 0. The van der Waals surface area contributed by atoms with E-state index in [9.17, 15) is 17.3 Å². The van der Waals surface area contributed by atoms with E-state index in [0.717, 1.165) is 28.2 Å². The molecule has 0 unspecified atom stereocenters. The van der Waals surface area contributed by atoms with Crippen molar-refractivity contribution < 1.29 is 21.7 Å². The molecule has 4 aromatic rings. The molecule has 0 aliphatic carbocycles. The van der Waals surface area contributed by atoms with Crippen LogP contribution in [-0.2, 0) is 0 Å². The van der Waals surface area contributed by atoms with Crippen LogP contribution in [0.4, 0.5) is 17.3 Å². The Balaban J connectivity index is 0.000000491. The van der Waals surface area contributed by atoms with Crippen LogP contribution in [0.5, 0.6) is 0 Å². The van der Waals surface area contributed by atoms with E-state index in [0.29, 0.717) is 0 Å². The molecule has 158 valence electrons. The lowest BCUT2D eigenvalue weighted by molar-refractivity contribution is 0.368. The van der Waals surface area contributed by atoms with Gasteiger partial charge in [0.15, 0.2) is 0 Å². The summed E-state index contributed by atoms with van der Waals surface area (Å²) in [5.74, 6) is 1.76. The predicted molar refractivity (Wildman–Crippen MR) is 119 cm³/mol. The van der Waals surface area contributed by atoms with Gasteiger partial charge in [-0.05, 0) is 43.7 Å². The molecule has 0 N–H and O–H groups in total. The Labute approximate surface area is 179 Å². The summed E-state index contributed by atoms with van der Waals surface area (Å²) >= 11 is 0. The van der Waals surface area contributed by atoms with Crippen molar-refractivity contribution in [2.45, 2.75) is 13.8 Å². The van der Waals surface area contributed by atoms with Crippen LogP contribution in [0.15, 0.2) is 95.4 Å². The average Bonchev–Trinajstić information content (AvgIpc) is 2.73. The van der Waals surface area contributed by atoms with E-state index in [1.165, 1.54) is 16.7 Å². The van der Waals surface area contributed by atoms with Crippen molar-refractivity contribution in [3.63, 3.8) is 0 Å². The van der Waals surface area contributed by atoms with Crippen molar-refractivity contribution in [1.29, 1.82) is 0 Å². The maximum absolute atomic E-state index is 9.75. The number of hydrogen-bond donors (Lipinski definition) is 0. The molecule has 3 aromatic carbocycles. The zero-order valence-electron chi connectivity index (χ0n) is 17.2. The predicted octanol–water partition coefficient (Wildman–Crippen LogP) is 8.48. The van der Waals surface area contributed by atoms with E-state index in [-0.39, 0.29) is 0 Å². The maximum Gasteiger partial charge on any atom is 0.673 e. The summed E-state index contributed by atoms with van der Waals surface area (Å²) in [6.45, 7) is 4.21. The molecule has 4 rings (SSSR count). The summed E-state index contributed by atoms with van der Waals surface area (Å²) in [7, 11) is -6.00. The fourth-order valence-electron chi connectivity index (χ4n) is 3.18. The number of halogens is 4. The minimum absolute atomic E-state index is 0.881. The molecule has 6 heteroatoms. The Hall–Kier alpha value is -3.41. The number of aryl methyl sites for hydroxylation is 2. The molecule has 0 amide bonds. The number of hydrogen-bond acceptors (Lipinski definition) is 0. The Bertz CT molecular complexity index is 1090. The van der Waals surface area contributed by atoms with E-state index >= 15 is 0 Å². The lowest BCUT2D eigenvalue weighted by Gasteiger charge is -2.03. The smallest absolute Gasteiger partial charge is 0.418 e. The number of benzene rings is 3. The Morgan fingerprint density at radius 2 is 0.935 bits per heavy atom.